The largest absolute Gasteiger partial charge is 0.379 e. The molecule has 1 N–H and O–H groups in total. The van der Waals surface area contributed by atoms with Gasteiger partial charge in [0.2, 0.25) is 0 Å². The van der Waals surface area contributed by atoms with Gasteiger partial charge in [-0.1, -0.05) is 26.0 Å². The van der Waals surface area contributed by atoms with Crippen LogP contribution in [0.1, 0.15) is 29.8 Å². The number of carbonyl (C=O) groups is 1. The highest BCUT2D eigenvalue weighted by atomic mass is 32.2. The predicted molar refractivity (Wildman–Crippen MR) is 98.3 cm³/mol. The Bertz CT molecular complexity index is 682. The SMILES string of the molecule is CC(C)C(CNC(=O)c1cccc(CS(C)(=O)=O)c1)N1CCOCC1. The molecule has 0 aromatic heterocycles. The summed E-state index contributed by atoms with van der Waals surface area (Å²) in [6, 6.07) is 7.06. The number of hydrogen-bond acceptors (Lipinski definition) is 5. The molecule has 1 aliphatic rings. The van der Waals surface area contributed by atoms with E-state index < -0.39 is 9.84 Å². The molecule has 0 spiro atoms. The van der Waals surface area contributed by atoms with Crippen LogP contribution in [-0.2, 0) is 20.3 Å². The number of amides is 1. The molecule has 1 aromatic rings. The lowest BCUT2D eigenvalue weighted by Gasteiger charge is -2.36. The summed E-state index contributed by atoms with van der Waals surface area (Å²) in [5.74, 6) is 0.181. The summed E-state index contributed by atoms with van der Waals surface area (Å²) in [7, 11) is -3.12. The number of sulfone groups is 1. The summed E-state index contributed by atoms with van der Waals surface area (Å²) in [4.78, 5) is 14.8. The molecule has 1 heterocycles. The van der Waals surface area contributed by atoms with E-state index in [4.69, 9.17) is 4.74 Å². The van der Waals surface area contributed by atoms with Crippen LogP contribution in [0.2, 0.25) is 0 Å². The van der Waals surface area contributed by atoms with E-state index in [-0.39, 0.29) is 17.7 Å². The Morgan fingerprint density at radius 1 is 1.28 bits per heavy atom. The van der Waals surface area contributed by atoms with E-state index in [1.54, 1.807) is 24.3 Å². The smallest absolute Gasteiger partial charge is 0.251 e. The van der Waals surface area contributed by atoms with Crippen molar-refractivity contribution in [3.63, 3.8) is 0 Å². The minimum absolute atomic E-state index is 0.0590. The molecule has 1 fully saturated rings. The van der Waals surface area contributed by atoms with Crippen molar-refractivity contribution >= 4 is 15.7 Å². The number of morpholine rings is 1. The third-order valence-electron chi connectivity index (χ3n) is 4.37. The van der Waals surface area contributed by atoms with Gasteiger partial charge in [-0.25, -0.2) is 8.42 Å². The number of rotatable bonds is 7. The summed E-state index contributed by atoms with van der Waals surface area (Å²) in [6.07, 6.45) is 1.19. The van der Waals surface area contributed by atoms with Gasteiger partial charge in [-0.3, -0.25) is 9.69 Å². The highest BCUT2D eigenvalue weighted by Gasteiger charge is 2.24. The molecule has 6 nitrogen and oxygen atoms in total. The Labute approximate surface area is 150 Å². The Balaban J connectivity index is 1.99. The molecule has 1 saturated heterocycles. The highest BCUT2D eigenvalue weighted by molar-refractivity contribution is 7.89. The second-order valence-corrected chi connectivity index (χ2v) is 9.08. The molecule has 2 rings (SSSR count). The second-order valence-electron chi connectivity index (χ2n) is 6.94. The van der Waals surface area contributed by atoms with Gasteiger partial charge in [0, 0.05) is 37.5 Å². The van der Waals surface area contributed by atoms with E-state index in [9.17, 15) is 13.2 Å². The van der Waals surface area contributed by atoms with Gasteiger partial charge < -0.3 is 10.1 Å². The van der Waals surface area contributed by atoms with Crippen molar-refractivity contribution in [2.75, 3.05) is 39.1 Å². The highest BCUT2D eigenvalue weighted by Crippen LogP contribution is 2.13. The van der Waals surface area contributed by atoms with E-state index in [2.05, 4.69) is 24.1 Å². The van der Waals surface area contributed by atoms with Gasteiger partial charge in [-0.05, 0) is 23.6 Å². The van der Waals surface area contributed by atoms with Gasteiger partial charge in [0.25, 0.3) is 5.91 Å². The van der Waals surface area contributed by atoms with Crippen LogP contribution in [0.3, 0.4) is 0 Å². The van der Waals surface area contributed by atoms with Crippen LogP contribution < -0.4 is 5.32 Å². The molecular weight excluding hydrogens is 340 g/mol. The van der Waals surface area contributed by atoms with Crippen LogP contribution in [0, 0.1) is 5.92 Å². The maximum absolute atomic E-state index is 12.5. The lowest BCUT2D eigenvalue weighted by Crippen LogP contribution is -2.51. The maximum Gasteiger partial charge on any atom is 0.251 e. The molecule has 25 heavy (non-hydrogen) atoms. The molecule has 140 valence electrons. The molecule has 7 heteroatoms. The van der Waals surface area contributed by atoms with Crippen LogP contribution in [0.4, 0.5) is 0 Å². The van der Waals surface area contributed by atoms with E-state index >= 15 is 0 Å². The quantitative estimate of drug-likeness (QED) is 0.786. The number of nitrogens with one attached hydrogen (secondary N) is 1. The third-order valence-corrected chi connectivity index (χ3v) is 5.23. The fourth-order valence-electron chi connectivity index (χ4n) is 3.10. The molecule has 1 amide bonds. The average Bonchev–Trinajstić information content (AvgIpc) is 2.54. The van der Waals surface area contributed by atoms with Crippen LogP contribution in [0.5, 0.6) is 0 Å². The average molecular weight is 368 g/mol. The molecule has 0 radical (unpaired) electrons. The summed E-state index contributed by atoms with van der Waals surface area (Å²) in [6.45, 7) is 8.07. The van der Waals surface area contributed by atoms with Crippen LogP contribution in [0.25, 0.3) is 0 Å². The zero-order valence-corrected chi connectivity index (χ0v) is 16.0. The van der Waals surface area contributed by atoms with Crippen LogP contribution in [0.15, 0.2) is 24.3 Å². The van der Waals surface area contributed by atoms with E-state index in [1.807, 2.05) is 0 Å². The summed E-state index contributed by atoms with van der Waals surface area (Å²) >= 11 is 0. The van der Waals surface area contributed by atoms with Crippen molar-refractivity contribution in [3.05, 3.63) is 35.4 Å². The van der Waals surface area contributed by atoms with Gasteiger partial charge in [0.15, 0.2) is 9.84 Å². The predicted octanol–water partition coefficient (Wildman–Crippen LogP) is 1.32. The molecule has 1 aliphatic heterocycles. The Morgan fingerprint density at radius 2 is 1.96 bits per heavy atom. The third kappa shape index (κ3) is 6.41. The van der Waals surface area contributed by atoms with Gasteiger partial charge in [0.1, 0.15) is 0 Å². The lowest BCUT2D eigenvalue weighted by molar-refractivity contribution is 0.00672. The lowest BCUT2D eigenvalue weighted by atomic mass is 10.0. The van der Waals surface area contributed by atoms with Crippen molar-refractivity contribution in [2.45, 2.75) is 25.6 Å². The van der Waals surface area contributed by atoms with Crippen molar-refractivity contribution < 1.29 is 17.9 Å². The molecule has 0 aliphatic carbocycles. The van der Waals surface area contributed by atoms with E-state index in [0.717, 1.165) is 26.3 Å². The minimum Gasteiger partial charge on any atom is -0.379 e. The first-order valence-corrected chi connectivity index (χ1v) is 10.7. The molecular formula is C18H28N2O4S. The number of nitrogens with zero attached hydrogens (tertiary/aromatic N) is 1. The monoisotopic (exact) mass is 368 g/mol. The standard InChI is InChI=1S/C18H28N2O4S/c1-14(2)17(20-7-9-24-10-8-20)12-19-18(21)16-6-4-5-15(11-16)13-25(3,22)23/h4-6,11,14,17H,7-10,12-13H2,1-3H3,(H,19,21). The first-order chi connectivity index (χ1) is 11.8. The van der Waals surface area contributed by atoms with Crippen molar-refractivity contribution in [3.8, 4) is 0 Å². The number of hydrogen-bond donors (Lipinski definition) is 1. The van der Waals surface area contributed by atoms with Crippen molar-refractivity contribution in [2.24, 2.45) is 5.92 Å². The second kappa shape index (κ2) is 8.78. The Morgan fingerprint density at radius 3 is 2.56 bits per heavy atom. The van der Waals surface area contributed by atoms with Crippen molar-refractivity contribution in [1.82, 2.24) is 10.2 Å². The normalized spacial score (nSPS) is 17.4. The number of ether oxygens (including phenoxy) is 1. The Kier molecular flexibility index (Phi) is 6.98. The molecule has 1 aromatic carbocycles. The first kappa shape index (κ1) is 19.9. The maximum atomic E-state index is 12.5. The van der Waals surface area contributed by atoms with E-state index in [0.29, 0.717) is 23.6 Å². The van der Waals surface area contributed by atoms with Gasteiger partial charge in [0.05, 0.1) is 19.0 Å². The fourth-order valence-corrected chi connectivity index (χ4v) is 3.89. The van der Waals surface area contributed by atoms with Crippen LogP contribution >= 0.6 is 0 Å². The van der Waals surface area contributed by atoms with Gasteiger partial charge >= 0.3 is 0 Å². The molecule has 0 bridgehead atoms. The Hall–Kier alpha value is -1.44. The zero-order valence-electron chi connectivity index (χ0n) is 15.2. The van der Waals surface area contributed by atoms with Gasteiger partial charge in [-0.15, -0.1) is 0 Å². The van der Waals surface area contributed by atoms with E-state index in [1.165, 1.54) is 6.26 Å². The molecule has 1 unspecified atom stereocenters. The summed E-state index contributed by atoms with van der Waals surface area (Å²) < 4.78 is 28.3. The molecule has 1 atom stereocenters. The number of benzene rings is 1. The zero-order chi connectivity index (χ0) is 18.4. The minimum atomic E-state index is -3.12. The first-order valence-electron chi connectivity index (χ1n) is 8.63. The fraction of sp³-hybridized carbons (Fsp3) is 0.611. The molecule has 0 saturated carbocycles. The topological polar surface area (TPSA) is 75.7 Å². The van der Waals surface area contributed by atoms with Gasteiger partial charge in [-0.2, -0.15) is 0 Å². The van der Waals surface area contributed by atoms with Crippen molar-refractivity contribution in [1.29, 1.82) is 0 Å². The summed E-state index contributed by atoms with van der Waals surface area (Å²) in [5.41, 5.74) is 1.12. The van der Waals surface area contributed by atoms with Crippen LogP contribution in [-0.4, -0.2) is 64.4 Å². The summed E-state index contributed by atoms with van der Waals surface area (Å²) in [5, 5.41) is 3.00. The number of carbonyl (C=O) groups excluding carboxylic acids is 1.